The smallest absolute Gasteiger partial charge is 0.231 e. The van der Waals surface area contributed by atoms with Crippen molar-refractivity contribution in [3.8, 4) is 0 Å². The number of benzene rings is 1. The lowest BCUT2D eigenvalue weighted by Gasteiger charge is -2.13. The maximum Gasteiger partial charge on any atom is 0.231 e. The van der Waals surface area contributed by atoms with E-state index >= 15 is 0 Å². The first kappa shape index (κ1) is 14.5. The number of nitrogens with one attached hydrogen (secondary N) is 1. The van der Waals surface area contributed by atoms with Gasteiger partial charge in [-0.2, -0.15) is 0 Å². The van der Waals surface area contributed by atoms with Crippen molar-refractivity contribution in [2.45, 2.75) is 19.3 Å². The van der Waals surface area contributed by atoms with Crippen LogP contribution in [0.4, 0.5) is 5.69 Å². The molecule has 1 aliphatic carbocycles. The number of hydrogen-bond donors (Lipinski definition) is 2. The van der Waals surface area contributed by atoms with Gasteiger partial charge in [-0.05, 0) is 30.5 Å². The fourth-order valence-electron chi connectivity index (χ4n) is 1.98. The van der Waals surface area contributed by atoms with Crippen LogP contribution in [-0.4, -0.2) is 37.4 Å². The van der Waals surface area contributed by atoms with Crippen LogP contribution in [0.2, 0.25) is 0 Å². The van der Waals surface area contributed by atoms with Crippen molar-refractivity contribution in [3.05, 3.63) is 29.8 Å². The van der Waals surface area contributed by atoms with Crippen molar-refractivity contribution in [1.29, 1.82) is 0 Å². The van der Waals surface area contributed by atoms with Gasteiger partial charge < -0.3 is 16.0 Å². The number of carbonyl (C=O) groups excluding carboxylic acids is 2. The Kier molecular flexibility index (Phi) is 4.09. The molecule has 108 valence electrons. The number of anilines is 1. The molecule has 1 aliphatic rings. The minimum absolute atomic E-state index is 0.00267. The molecule has 20 heavy (non-hydrogen) atoms. The molecule has 0 aromatic heterocycles. The number of likely N-dealkylation sites (N-methyl/N-ethyl adjacent to an activating group) is 1. The van der Waals surface area contributed by atoms with Gasteiger partial charge in [0, 0.05) is 26.3 Å². The minimum Gasteiger partial charge on any atom is -0.349 e. The van der Waals surface area contributed by atoms with Gasteiger partial charge in [-0.3, -0.25) is 9.59 Å². The highest BCUT2D eigenvalue weighted by Crippen LogP contribution is 2.45. The third-order valence-electron chi connectivity index (χ3n) is 3.79. The molecule has 0 heterocycles. The van der Waals surface area contributed by atoms with E-state index in [0.29, 0.717) is 13.0 Å². The van der Waals surface area contributed by atoms with E-state index in [1.54, 1.807) is 19.0 Å². The summed E-state index contributed by atoms with van der Waals surface area (Å²) in [4.78, 5) is 25.2. The first-order valence-corrected chi connectivity index (χ1v) is 6.77. The Balaban J connectivity index is 1.95. The summed E-state index contributed by atoms with van der Waals surface area (Å²) in [5.74, 6) is 0.0546. The number of nitrogens with zero attached hydrogens (tertiary/aromatic N) is 1. The summed E-state index contributed by atoms with van der Waals surface area (Å²) in [5, 5.41) is 2.88. The summed E-state index contributed by atoms with van der Waals surface area (Å²) in [7, 11) is 3.47. The summed E-state index contributed by atoms with van der Waals surface area (Å²) in [5.41, 5.74) is 6.96. The highest BCUT2D eigenvalue weighted by Gasteiger charge is 2.48. The van der Waals surface area contributed by atoms with Crippen LogP contribution < -0.4 is 11.1 Å². The Labute approximate surface area is 119 Å². The van der Waals surface area contributed by atoms with Crippen LogP contribution in [0.25, 0.3) is 0 Å². The quantitative estimate of drug-likeness (QED) is 0.841. The van der Waals surface area contributed by atoms with Crippen LogP contribution in [-0.2, 0) is 16.0 Å². The lowest BCUT2D eigenvalue weighted by atomic mass is 10.1. The van der Waals surface area contributed by atoms with Gasteiger partial charge in [-0.1, -0.05) is 12.1 Å². The second-order valence-corrected chi connectivity index (χ2v) is 5.60. The van der Waals surface area contributed by atoms with E-state index in [1.165, 1.54) is 0 Å². The first-order chi connectivity index (χ1) is 9.47. The lowest BCUT2D eigenvalue weighted by Crippen LogP contribution is -2.30. The molecule has 2 rings (SSSR count). The largest absolute Gasteiger partial charge is 0.349 e. The maximum absolute atomic E-state index is 12.0. The normalized spacial score (nSPS) is 15.6. The average Bonchev–Trinajstić information content (AvgIpc) is 3.22. The highest BCUT2D eigenvalue weighted by molar-refractivity contribution is 5.97. The second kappa shape index (κ2) is 5.63. The van der Waals surface area contributed by atoms with Crippen LogP contribution in [0.5, 0.6) is 0 Å². The van der Waals surface area contributed by atoms with Crippen molar-refractivity contribution in [2.24, 2.45) is 11.1 Å². The predicted octanol–water partition coefficient (Wildman–Crippen LogP) is 0.995. The molecule has 0 spiro atoms. The van der Waals surface area contributed by atoms with E-state index in [9.17, 15) is 9.59 Å². The SMILES string of the molecule is CN(C)C(=O)Cc1ccc(NC(=O)C2(CN)CC2)cc1. The molecule has 1 aromatic rings. The Morgan fingerprint density at radius 1 is 1.25 bits per heavy atom. The maximum atomic E-state index is 12.0. The van der Waals surface area contributed by atoms with Gasteiger partial charge in [0.1, 0.15) is 0 Å². The highest BCUT2D eigenvalue weighted by atomic mass is 16.2. The van der Waals surface area contributed by atoms with Crippen LogP contribution in [0.15, 0.2) is 24.3 Å². The molecule has 0 unspecified atom stereocenters. The molecule has 0 atom stereocenters. The average molecular weight is 275 g/mol. The third kappa shape index (κ3) is 3.17. The van der Waals surface area contributed by atoms with Crippen molar-refractivity contribution < 1.29 is 9.59 Å². The van der Waals surface area contributed by atoms with E-state index in [-0.39, 0.29) is 17.2 Å². The fraction of sp³-hybridized carbons (Fsp3) is 0.467. The molecule has 1 saturated carbocycles. The number of carbonyl (C=O) groups is 2. The summed E-state index contributed by atoms with van der Waals surface area (Å²) < 4.78 is 0. The van der Waals surface area contributed by atoms with Gasteiger partial charge in [-0.25, -0.2) is 0 Å². The molecule has 0 aliphatic heterocycles. The van der Waals surface area contributed by atoms with Gasteiger partial charge in [0.2, 0.25) is 11.8 Å². The van der Waals surface area contributed by atoms with Crippen molar-refractivity contribution >= 4 is 17.5 Å². The molecule has 2 amide bonds. The Hall–Kier alpha value is -1.88. The van der Waals surface area contributed by atoms with Crippen LogP contribution in [0, 0.1) is 5.41 Å². The zero-order valence-electron chi connectivity index (χ0n) is 12.0. The molecule has 0 saturated heterocycles. The zero-order valence-corrected chi connectivity index (χ0v) is 12.0. The molecular weight excluding hydrogens is 254 g/mol. The molecule has 5 nitrogen and oxygen atoms in total. The van der Waals surface area contributed by atoms with Gasteiger partial charge >= 0.3 is 0 Å². The molecule has 1 fully saturated rings. The molecular formula is C15H21N3O2. The molecule has 1 aromatic carbocycles. The van der Waals surface area contributed by atoms with E-state index < -0.39 is 0 Å². The van der Waals surface area contributed by atoms with Crippen LogP contribution >= 0.6 is 0 Å². The van der Waals surface area contributed by atoms with E-state index in [2.05, 4.69) is 5.32 Å². The number of amides is 2. The predicted molar refractivity (Wildman–Crippen MR) is 78.2 cm³/mol. The second-order valence-electron chi connectivity index (χ2n) is 5.60. The van der Waals surface area contributed by atoms with E-state index in [0.717, 1.165) is 24.1 Å². The Bertz CT molecular complexity index is 504. The molecule has 0 radical (unpaired) electrons. The van der Waals surface area contributed by atoms with E-state index in [1.807, 2.05) is 24.3 Å². The van der Waals surface area contributed by atoms with Gasteiger partial charge in [0.15, 0.2) is 0 Å². The standard InChI is InChI=1S/C15H21N3O2/c1-18(2)13(19)9-11-3-5-12(6-4-11)17-14(20)15(10-16)7-8-15/h3-6H,7-10,16H2,1-2H3,(H,17,20). The van der Waals surface area contributed by atoms with E-state index in [4.69, 9.17) is 5.73 Å². The first-order valence-electron chi connectivity index (χ1n) is 6.77. The Morgan fingerprint density at radius 3 is 2.30 bits per heavy atom. The molecule has 3 N–H and O–H groups in total. The van der Waals surface area contributed by atoms with Gasteiger partial charge in [0.05, 0.1) is 11.8 Å². The number of rotatable bonds is 5. The van der Waals surface area contributed by atoms with Gasteiger partial charge in [-0.15, -0.1) is 0 Å². The minimum atomic E-state index is -0.348. The number of hydrogen-bond acceptors (Lipinski definition) is 3. The monoisotopic (exact) mass is 275 g/mol. The summed E-state index contributed by atoms with van der Waals surface area (Å²) in [6.07, 6.45) is 2.10. The summed E-state index contributed by atoms with van der Waals surface area (Å²) >= 11 is 0. The molecule has 0 bridgehead atoms. The number of nitrogens with two attached hydrogens (primary N) is 1. The van der Waals surface area contributed by atoms with Crippen LogP contribution in [0.3, 0.4) is 0 Å². The van der Waals surface area contributed by atoms with Crippen molar-refractivity contribution in [1.82, 2.24) is 4.90 Å². The Morgan fingerprint density at radius 2 is 1.85 bits per heavy atom. The zero-order chi connectivity index (χ0) is 14.8. The van der Waals surface area contributed by atoms with Crippen LogP contribution in [0.1, 0.15) is 18.4 Å². The topological polar surface area (TPSA) is 75.4 Å². The third-order valence-corrected chi connectivity index (χ3v) is 3.79. The van der Waals surface area contributed by atoms with Crippen molar-refractivity contribution in [2.75, 3.05) is 26.0 Å². The summed E-state index contributed by atoms with van der Waals surface area (Å²) in [6.45, 7) is 0.397. The van der Waals surface area contributed by atoms with Gasteiger partial charge in [0.25, 0.3) is 0 Å². The summed E-state index contributed by atoms with van der Waals surface area (Å²) in [6, 6.07) is 7.36. The lowest BCUT2D eigenvalue weighted by molar-refractivity contribution is -0.128. The van der Waals surface area contributed by atoms with Crippen molar-refractivity contribution in [3.63, 3.8) is 0 Å². The fourth-order valence-corrected chi connectivity index (χ4v) is 1.98. The molecule has 5 heteroatoms.